The Bertz CT molecular complexity index is 351. The Morgan fingerprint density at radius 2 is 2.00 bits per heavy atom. The summed E-state index contributed by atoms with van der Waals surface area (Å²) in [5, 5.41) is 0. The lowest BCUT2D eigenvalue weighted by molar-refractivity contribution is -0.121. The zero-order chi connectivity index (χ0) is 12.3. The van der Waals surface area contributed by atoms with Gasteiger partial charge in [0, 0.05) is 12.6 Å². The molecular weight excluding hydrogens is 228 g/mol. The summed E-state index contributed by atoms with van der Waals surface area (Å²) in [5.41, 5.74) is 0. The van der Waals surface area contributed by atoms with Crippen LogP contribution in [0.15, 0.2) is 0 Å². The molecule has 1 atom stereocenters. The molecule has 0 spiro atoms. The molecule has 1 heterocycles. The van der Waals surface area contributed by atoms with Gasteiger partial charge in [-0.15, -0.1) is 0 Å². The van der Waals surface area contributed by atoms with Crippen molar-refractivity contribution in [1.29, 1.82) is 0 Å². The van der Waals surface area contributed by atoms with Crippen LogP contribution in [-0.4, -0.2) is 37.1 Å². The van der Waals surface area contributed by atoms with Crippen LogP contribution in [0.1, 0.15) is 40.0 Å². The monoisotopic (exact) mass is 248 g/mol. The highest BCUT2D eigenvalue weighted by Gasteiger charge is 2.34. The van der Waals surface area contributed by atoms with Crippen molar-refractivity contribution in [2.45, 2.75) is 52.1 Å². The molecule has 0 aromatic heterocycles. The van der Waals surface area contributed by atoms with Crippen molar-refractivity contribution in [3.05, 3.63) is 0 Å². The van der Waals surface area contributed by atoms with Crippen molar-refractivity contribution >= 4 is 16.0 Å². The van der Waals surface area contributed by atoms with Crippen LogP contribution in [0.2, 0.25) is 0 Å². The van der Waals surface area contributed by atoms with Gasteiger partial charge in [0.1, 0.15) is 5.78 Å². The van der Waals surface area contributed by atoms with E-state index < -0.39 is 16.3 Å². The van der Waals surface area contributed by atoms with E-state index in [0.29, 0.717) is 13.0 Å². The topological polar surface area (TPSA) is 66.5 Å². The summed E-state index contributed by atoms with van der Waals surface area (Å²) in [7, 11) is -3.51. The van der Waals surface area contributed by atoms with Crippen molar-refractivity contribution in [3.63, 3.8) is 0 Å². The van der Waals surface area contributed by atoms with E-state index in [1.54, 1.807) is 13.8 Å². The average Bonchev–Trinajstić information content (AvgIpc) is 2.15. The molecule has 1 aliphatic heterocycles. The van der Waals surface area contributed by atoms with Crippen LogP contribution >= 0.6 is 0 Å². The first-order chi connectivity index (χ1) is 7.34. The summed E-state index contributed by atoms with van der Waals surface area (Å²) < 4.78 is 27.8. The Labute approximate surface area is 97.4 Å². The summed E-state index contributed by atoms with van der Waals surface area (Å²) >= 11 is 0. The molecule has 0 aromatic rings. The second-order valence-corrected chi connectivity index (χ2v) is 6.17. The highest BCUT2D eigenvalue weighted by molar-refractivity contribution is 7.87. The molecule has 0 bridgehead atoms. The van der Waals surface area contributed by atoms with Crippen molar-refractivity contribution in [3.8, 4) is 0 Å². The molecule has 5 nitrogen and oxygen atoms in total. The molecule has 1 rings (SSSR count). The Kier molecular flexibility index (Phi) is 4.46. The molecule has 0 amide bonds. The number of nitrogens with one attached hydrogen (secondary N) is 1. The quantitative estimate of drug-likeness (QED) is 0.795. The fourth-order valence-electron chi connectivity index (χ4n) is 1.96. The van der Waals surface area contributed by atoms with Crippen LogP contribution in [0.4, 0.5) is 0 Å². The zero-order valence-corrected chi connectivity index (χ0v) is 10.9. The number of carbonyl (C=O) groups is 1. The van der Waals surface area contributed by atoms with Gasteiger partial charge >= 0.3 is 0 Å². The summed E-state index contributed by atoms with van der Waals surface area (Å²) in [6, 6.07) is -0.635. The van der Waals surface area contributed by atoms with Gasteiger partial charge in [-0.05, 0) is 33.6 Å². The minimum Gasteiger partial charge on any atom is -0.298 e. The Morgan fingerprint density at radius 3 is 2.50 bits per heavy atom. The number of Topliss-reactive ketones (excluding diaryl/α,β-unsaturated/α-hetero) is 1. The van der Waals surface area contributed by atoms with Crippen LogP contribution < -0.4 is 4.72 Å². The van der Waals surface area contributed by atoms with Gasteiger partial charge < -0.3 is 0 Å². The molecular formula is C10H20N2O3S. The van der Waals surface area contributed by atoms with Crippen LogP contribution in [0, 0.1) is 0 Å². The first-order valence-corrected chi connectivity index (χ1v) is 7.08. The Balaban J connectivity index is 2.86. The molecule has 1 unspecified atom stereocenters. The summed E-state index contributed by atoms with van der Waals surface area (Å²) in [6.07, 6.45) is 2.37. The van der Waals surface area contributed by atoms with E-state index in [-0.39, 0.29) is 11.8 Å². The molecule has 0 saturated carbocycles. The maximum atomic E-state index is 12.0. The molecule has 6 heteroatoms. The van der Waals surface area contributed by atoms with Crippen LogP contribution in [0.25, 0.3) is 0 Å². The highest BCUT2D eigenvalue weighted by Crippen LogP contribution is 2.20. The predicted octanol–water partition coefficient (Wildman–Crippen LogP) is 0.673. The zero-order valence-electron chi connectivity index (χ0n) is 10.1. The number of carbonyl (C=O) groups excluding carboxylic acids is 1. The highest BCUT2D eigenvalue weighted by atomic mass is 32.2. The fraction of sp³-hybridized carbons (Fsp3) is 0.900. The summed E-state index contributed by atoms with van der Waals surface area (Å²) in [5.74, 6) is -0.0752. The summed E-state index contributed by atoms with van der Waals surface area (Å²) in [4.78, 5) is 11.4. The third-order valence-corrected chi connectivity index (χ3v) is 4.44. The molecule has 0 aromatic carbocycles. The lowest BCUT2D eigenvalue weighted by atomic mass is 10.0. The molecule has 1 saturated heterocycles. The van der Waals surface area contributed by atoms with Crippen LogP contribution in [0.5, 0.6) is 0 Å². The number of rotatable bonds is 4. The second-order valence-electron chi connectivity index (χ2n) is 4.51. The fourth-order valence-corrected chi connectivity index (χ4v) is 3.65. The molecule has 0 radical (unpaired) electrons. The Morgan fingerprint density at radius 1 is 1.38 bits per heavy atom. The van der Waals surface area contributed by atoms with E-state index in [4.69, 9.17) is 0 Å². The van der Waals surface area contributed by atoms with Gasteiger partial charge in [-0.1, -0.05) is 6.42 Å². The number of piperidine rings is 1. The van der Waals surface area contributed by atoms with Gasteiger partial charge in [0.15, 0.2) is 0 Å². The van der Waals surface area contributed by atoms with Gasteiger partial charge in [0.2, 0.25) is 0 Å². The predicted molar refractivity (Wildman–Crippen MR) is 62.2 cm³/mol. The van der Waals surface area contributed by atoms with E-state index >= 15 is 0 Å². The number of ketones is 1. The van der Waals surface area contributed by atoms with Gasteiger partial charge in [0.05, 0.1) is 6.04 Å². The Hall–Kier alpha value is -0.460. The minimum atomic E-state index is -3.51. The van der Waals surface area contributed by atoms with E-state index in [2.05, 4.69) is 4.72 Å². The maximum absolute atomic E-state index is 12.0. The number of nitrogens with zero attached hydrogens (tertiary/aromatic N) is 1. The molecule has 1 aliphatic rings. The van der Waals surface area contributed by atoms with E-state index in [1.807, 2.05) is 0 Å². The molecule has 0 aliphatic carbocycles. The molecule has 1 N–H and O–H groups in total. The number of hydrogen-bond acceptors (Lipinski definition) is 3. The SMILES string of the molecule is CC(=O)C1CCCCN1S(=O)(=O)NC(C)C. The smallest absolute Gasteiger partial charge is 0.280 e. The number of hydrogen-bond donors (Lipinski definition) is 1. The van der Waals surface area contributed by atoms with Gasteiger partial charge in [-0.2, -0.15) is 17.4 Å². The lowest BCUT2D eigenvalue weighted by Gasteiger charge is -2.33. The van der Waals surface area contributed by atoms with Gasteiger partial charge in [-0.3, -0.25) is 4.79 Å². The lowest BCUT2D eigenvalue weighted by Crippen LogP contribution is -2.52. The van der Waals surface area contributed by atoms with Crippen molar-refractivity contribution < 1.29 is 13.2 Å². The summed E-state index contributed by atoms with van der Waals surface area (Å²) in [6.45, 7) is 5.43. The van der Waals surface area contributed by atoms with Crippen molar-refractivity contribution in [2.75, 3.05) is 6.54 Å². The molecule has 94 valence electrons. The van der Waals surface area contributed by atoms with Gasteiger partial charge in [-0.25, -0.2) is 0 Å². The van der Waals surface area contributed by atoms with Crippen molar-refractivity contribution in [1.82, 2.24) is 9.03 Å². The normalized spacial score (nSPS) is 23.6. The van der Waals surface area contributed by atoms with E-state index in [1.165, 1.54) is 11.2 Å². The minimum absolute atomic E-state index is 0.0752. The largest absolute Gasteiger partial charge is 0.298 e. The third kappa shape index (κ3) is 3.26. The second kappa shape index (κ2) is 5.25. The van der Waals surface area contributed by atoms with Crippen molar-refractivity contribution in [2.24, 2.45) is 0 Å². The first-order valence-electron chi connectivity index (χ1n) is 5.64. The maximum Gasteiger partial charge on any atom is 0.280 e. The third-order valence-electron chi connectivity index (χ3n) is 2.62. The van der Waals surface area contributed by atoms with Gasteiger partial charge in [0.25, 0.3) is 10.2 Å². The van der Waals surface area contributed by atoms with Crippen LogP contribution in [-0.2, 0) is 15.0 Å². The molecule has 1 fully saturated rings. The molecule has 16 heavy (non-hydrogen) atoms. The van der Waals surface area contributed by atoms with E-state index in [0.717, 1.165) is 12.8 Å². The average molecular weight is 248 g/mol. The van der Waals surface area contributed by atoms with Crippen LogP contribution in [0.3, 0.4) is 0 Å². The first kappa shape index (κ1) is 13.6. The van der Waals surface area contributed by atoms with E-state index in [9.17, 15) is 13.2 Å². The standard InChI is InChI=1S/C10H20N2O3S/c1-8(2)11-16(14,15)12-7-5-4-6-10(12)9(3)13/h8,10-11H,4-7H2,1-3H3.